The van der Waals surface area contributed by atoms with E-state index in [0.29, 0.717) is 34.8 Å². The highest BCUT2D eigenvalue weighted by Gasteiger charge is 2.20. The quantitative estimate of drug-likeness (QED) is 0.578. The maximum atomic E-state index is 12.0. The first-order chi connectivity index (χ1) is 15.5. The molecule has 0 radical (unpaired) electrons. The number of carboxylic acid groups (broad SMARTS) is 1. The lowest BCUT2D eigenvalue weighted by Crippen LogP contribution is -2.44. The molecule has 1 fully saturated rings. The number of fused-ring (bicyclic) bond motifs is 1. The second kappa shape index (κ2) is 9.27. The minimum atomic E-state index is -1.01. The first-order valence-electron chi connectivity index (χ1n) is 10.4. The summed E-state index contributed by atoms with van der Waals surface area (Å²) >= 11 is 0. The van der Waals surface area contributed by atoms with Crippen LogP contribution in [0.3, 0.4) is 0 Å². The van der Waals surface area contributed by atoms with Gasteiger partial charge < -0.3 is 29.7 Å². The van der Waals surface area contributed by atoms with Gasteiger partial charge in [-0.1, -0.05) is 0 Å². The Kier molecular flexibility index (Phi) is 6.27. The first kappa shape index (κ1) is 21.6. The van der Waals surface area contributed by atoms with Crippen LogP contribution in [0.5, 0.6) is 11.5 Å². The highest BCUT2D eigenvalue weighted by Crippen LogP contribution is 2.31. The number of carboxylic acids is 1. The summed E-state index contributed by atoms with van der Waals surface area (Å²) < 4.78 is 10.7. The molecule has 0 unspecified atom stereocenters. The van der Waals surface area contributed by atoms with E-state index in [1.165, 1.54) is 6.33 Å². The fraction of sp³-hybridized carbons (Fsp3) is 0.348. The van der Waals surface area contributed by atoms with Crippen molar-refractivity contribution in [3.05, 3.63) is 47.8 Å². The number of carbonyl (C=O) groups is 1. The van der Waals surface area contributed by atoms with E-state index in [0.717, 1.165) is 37.4 Å². The van der Waals surface area contributed by atoms with Gasteiger partial charge in [-0.3, -0.25) is 0 Å². The van der Waals surface area contributed by atoms with Crippen LogP contribution in [0, 0.1) is 0 Å². The zero-order chi connectivity index (χ0) is 22.7. The number of benzene rings is 2. The van der Waals surface area contributed by atoms with Crippen molar-refractivity contribution in [2.45, 2.75) is 6.54 Å². The van der Waals surface area contributed by atoms with Gasteiger partial charge in [0, 0.05) is 55.4 Å². The number of aromatic nitrogens is 2. The van der Waals surface area contributed by atoms with Gasteiger partial charge in [0.15, 0.2) is 0 Å². The van der Waals surface area contributed by atoms with Gasteiger partial charge in [0.2, 0.25) is 0 Å². The summed E-state index contributed by atoms with van der Waals surface area (Å²) in [5.74, 6) is 0.972. The number of nitrogens with zero attached hydrogens (tertiary/aromatic N) is 4. The van der Waals surface area contributed by atoms with Gasteiger partial charge in [-0.2, -0.15) is 0 Å². The fourth-order valence-electron chi connectivity index (χ4n) is 3.88. The molecule has 1 aromatic heterocycles. The third-order valence-corrected chi connectivity index (χ3v) is 5.76. The van der Waals surface area contributed by atoms with Crippen LogP contribution in [-0.2, 0) is 6.54 Å². The zero-order valence-electron chi connectivity index (χ0n) is 18.5. The highest BCUT2D eigenvalue weighted by atomic mass is 16.5. The van der Waals surface area contributed by atoms with Crippen molar-refractivity contribution >= 4 is 28.4 Å². The molecule has 4 rings (SSSR count). The molecule has 168 valence electrons. The van der Waals surface area contributed by atoms with Crippen molar-refractivity contribution in [1.82, 2.24) is 14.9 Å². The Morgan fingerprint density at radius 3 is 2.56 bits per heavy atom. The van der Waals surface area contributed by atoms with Gasteiger partial charge in [0.1, 0.15) is 23.6 Å². The van der Waals surface area contributed by atoms with E-state index < -0.39 is 5.97 Å². The van der Waals surface area contributed by atoms with Crippen molar-refractivity contribution < 1.29 is 19.4 Å². The van der Waals surface area contributed by atoms with Gasteiger partial charge in [-0.05, 0) is 31.3 Å². The third-order valence-electron chi connectivity index (χ3n) is 5.76. The molecule has 2 heterocycles. The molecule has 9 nitrogen and oxygen atoms in total. The van der Waals surface area contributed by atoms with E-state index >= 15 is 0 Å². The highest BCUT2D eigenvalue weighted by molar-refractivity contribution is 6.06. The lowest BCUT2D eigenvalue weighted by Gasteiger charge is -2.34. The van der Waals surface area contributed by atoms with E-state index in [1.54, 1.807) is 20.3 Å². The zero-order valence-corrected chi connectivity index (χ0v) is 18.5. The molecule has 0 bridgehead atoms. The summed E-state index contributed by atoms with van der Waals surface area (Å²) in [6, 6.07) is 9.29. The summed E-state index contributed by atoms with van der Waals surface area (Å²) in [5, 5.41) is 13.8. The molecule has 32 heavy (non-hydrogen) atoms. The van der Waals surface area contributed by atoms with Gasteiger partial charge in [-0.15, -0.1) is 0 Å². The molecule has 0 amide bonds. The molecular weight excluding hydrogens is 410 g/mol. The van der Waals surface area contributed by atoms with Crippen LogP contribution < -0.4 is 19.7 Å². The summed E-state index contributed by atoms with van der Waals surface area (Å²) in [6.45, 7) is 3.96. The first-order valence-corrected chi connectivity index (χ1v) is 10.4. The van der Waals surface area contributed by atoms with Crippen molar-refractivity contribution in [1.29, 1.82) is 0 Å². The number of rotatable bonds is 7. The molecule has 0 aliphatic carbocycles. The van der Waals surface area contributed by atoms with Crippen molar-refractivity contribution in [3.8, 4) is 11.5 Å². The minimum Gasteiger partial charge on any atom is -0.497 e. The van der Waals surface area contributed by atoms with Crippen molar-refractivity contribution in [3.63, 3.8) is 0 Å². The number of anilines is 2. The maximum Gasteiger partial charge on any atom is 0.337 e. The number of nitrogens with one attached hydrogen (secondary N) is 1. The number of aromatic carboxylic acids is 1. The Bertz CT molecular complexity index is 1130. The smallest absolute Gasteiger partial charge is 0.337 e. The van der Waals surface area contributed by atoms with Gasteiger partial charge in [-0.25, -0.2) is 14.8 Å². The molecule has 0 atom stereocenters. The fourth-order valence-corrected chi connectivity index (χ4v) is 3.88. The molecule has 9 heteroatoms. The molecule has 2 aromatic carbocycles. The molecule has 1 aliphatic heterocycles. The molecule has 0 spiro atoms. The molecule has 1 aliphatic rings. The lowest BCUT2D eigenvalue weighted by atomic mass is 10.1. The van der Waals surface area contributed by atoms with Crippen LogP contribution in [-0.4, -0.2) is 73.4 Å². The monoisotopic (exact) mass is 437 g/mol. The Balaban J connectivity index is 1.69. The summed E-state index contributed by atoms with van der Waals surface area (Å²) in [7, 11) is 5.31. The van der Waals surface area contributed by atoms with Crippen LogP contribution in [0.4, 0.5) is 11.5 Å². The second-order valence-electron chi connectivity index (χ2n) is 7.74. The van der Waals surface area contributed by atoms with Gasteiger partial charge >= 0.3 is 5.97 Å². The maximum absolute atomic E-state index is 12.0. The van der Waals surface area contributed by atoms with Crippen LogP contribution in [0.15, 0.2) is 36.7 Å². The molecule has 1 saturated heterocycles. The number of ether oxygens (including phenoxy) is 2. The number of methoxy groups -OCH3 is 2. The van der Waals surface area contributed by atoms with Gasteiger partial charge in [0.25, 0.3) is 0 Å². The minimum absolute atomic E-state index is 0.170. The summed E-state index contributed by atoms with van der Waals surface area (Å²) in [6.07, 6.45) is 1.39. The number of hydrogen-bond donors (Lipinski definition) is 2. The summed E-state index contributed by atoms with van der Waals surface area (Å²) in [4.78, 5) is 25.1. The topological polar surface area (TPSA) is 100 Å². The molecule has 0 saturated carbocycles. The largest absolute Gasteiger partial charge is 0.497 e. The standard InChI is InChI=1S/C23H27N5O4/c1-27-6-8-28(9-7-27)16-10-18-21(19(11-16)23(29)30)25-14-26-22(18)24-13-15-4-5-17(31-2)12-20(15)32-3/h4-5,10-12,14H,6-9,13H2,1-3H3,(H,29,30)(H,24,25,26). The molecule has 3 aromatic rings. The third kappa shape index (κ3) is 4.38. The van der Waals surface area contributed by atoms with E-state index in [4.69, 9.17) is 9.47 Å². The van der Waals surface area contributed by atoms with Crippen LogP contribution in [0.1, 0.15) is 15.9 Å². The number of piperazine rings is 1. The van der Waals surface area contributed by atoms with Gasteiger partial charge in [0.05, 0.1) is 25.3 Å². The number of hydrogen-bond acceptors (Lipinski definition) is 8. The van der Waals surface area contributed by atoms with E-state index in [-0.39, 0.29) is 5.56 Å². The molecular formula is C23H27N5O4. The lowest BCUT2D eigenvalue weighted by molar-refractivity contribution is 0.0699. The average molecular weight is 438 g/mol. The summed E-state index contributed by atoms with van der Waals surface area (Å²) in [5.41, 5.74) is 2.37. The Morgan fingerprint density at radius 1 is 1.09 bits per heavy atom. The Hall–Kier alpha value is -3.59. The van der Waals surface area contributed by atoms with Crippen molar-refractivity contribution in [2.75, 3.05) is 57.7 Å². The predicted octanol–water partition coefficient (Wildman–Crippen LogP) is 2.71. The van der Waals surface area contributed by atoms with E-state index in [1.807, 2.05) is 24.3 Å². The Morgan fingerprint density at radius 2 is 1.88 bits per heavy atom. The predicted molar refractivity (Wildman–Crippen MR) is 123 cm³/mol. The second-order valence-corrected chi connectivity index (χ2v) is 7.74. The van der Waals surface area contributed by atoms with Crippen LogP contribution >= 0.6 is 0 Å². The van der Waals surface area contributed by atoms with Crippen LogP contribution in [0.2, 0.25) is 0 Å². The van der Waals surface area contributed by atoms with Crippen molar-refractivity contribution in [2.24, 2.45) is 0 Å². The SMILES string of the molecule is COc1ccc(CNc2ncnc3c(C(=O)O)cc(N4CCN(C)CC4)cc23)c(OC)c1. The molecule has 2 N–H and O–H groups in total. The van der Waals surface area contributed by atoms with E-state index in [9.17, 15) is 9.90 Å². The normalized spacial score (nSPS) is 14.4. The van der Waals surface area contributed by atoms with Crippen LogP contribution in [0.25, 0.3) is 10.9 Å². The average Bonchev–Trinajstić information content (AvgIpc) is 2.82. The van der Waals surface area contributed by atoms with E-state index in [2.05, 4.69) is 32.1 Å². The number of likely N-dealkylation sites (N-methyl/N-ethyl adjacent to an activating group) is 1. The Labute approximate surface area is 186 Å².